The number of guanidine groups is 1. The van der Waals surface area contributed by atoms with Gasteiger partial charge in [-0.2, -0.15) is 0 Å². The minimum atomic E-state index is 0.517. The Bertz CT molecular complexity index is 531. The minimum Gasteiger partial charge on any atom is -0.370 e. The molecule has 0 aliphatic heterocycles. The molecule has 0 fully saturated rings. The molecule has 19 heavy (non-hydrogen) atoms. The van der Waals surface area contributed by atoms with Crippen LogP contribution in [0, 0.1) is 6.92 Å². The van der Waals surface area contributed by atoms with Crippen molar-refractivity contribution >= 4 is 17.3 Å². The van der Waals surface area contributed by atoms with E-state index < -0.39 is 0 Å². The Kier molecular flexibility index (Phi) is 4.98. The summed E-state index contributed by atoms with van der Waals surface area (Å²) in [7, 11) is 0. The molecule has 1 heterocycles. The van der Waals surface area contributed by atoms with E-state index in [4.69, 9.17) is 5.73 Å². The molecule has 2 aromatic rings. The summed E-state index contributed by atoms with van der Waals surface area (Å²) >= 11 is 1.72. The number of nitrogens with two attached hydrogens (primary N) is 1. The molecule has 3 nitrogen and oxygen atoms in total. The molecule has 2 rings (SSSR count). The van der Waals surface area contributed by atoms with Gasteiger partial charge in [-0.05, 0) is 35.9 Å². The largest absolute Gasteiger partial charge is 0.370 e. The molecule has 1 aromatic carbocycles. The fourth-order valence-corrected chi connectivity index (χ4v) is 2.59. The highest BCUT2D eigenvalue weighted by molar-refractivity contribution is 7.10. The Balaban J connectivity index is 1.75. The summed E-state index contributed by atoms with van der Waals surface area (Å²) in [6, 6.07) is 12.5. The van der Waals surface area contributed by atoms with E-state index in [1.165, 1.54) is 16.0 Å². The van der Waals surface area contributed by atoms with Gasteiger partial charge in [-0.3, -0.25) is 0 Å². The van der Waals surface area contributed by atoms with Gasteiger partial charge in [-0.15, -0.1) is 11.3 Å². The van der Waals surface area contributed by atoms with Crippen LogP contribution in [0.2, 0.25) is 0 Å². The van der Waals surface area contributed by atoms with Crippen molar-refractivity contribution in [1.29, 1.82) is 0 Å². The van der Waals surface area contributed by atoms with Gasteiger partial charge >= 0.3 is 0 Å². The lowest BCUT2D eigenvalue weighted by Gasteiger charge is -2.05. The van der Waals surface area contributed by atoms with Crippen molar-refractivity contribution in [3.63, 3.8) is 0 Å². The van der Waals surface area contributed by atoms with Crippen LogP contribution in [0.1, 0.15) is 16.0 Å². The van der Waals surface area contributed by atoms with Gasteiger partial charge in [-0.25, -0.2) is 4.99 Å². The third kappa shape index (κ3) is 4.41. The van der Waals surface area contributed by atoms with Crippen molar-refractivity contribution in [1.82, 2.24) is 5.32 Å². The molecule has 0 unspecified atom stereocenters. The maximum atomic E-state index is 5.85. The van der Waals surface area contributed by atoms with Crippen molar-refractivity contribution < 1.29 is 0 Å². The van der Waals surface area contributed by atoms with Crippen molar-refractivity contribution in [2.24, 2.45) is 10.7 Å². The number of hydrogen-bond acceptors (Lipinski definition) is 2. The predicted octanol–water partition coefficient (Wildman–Crippen LogP) is 2.70. The van der Waals surface area contributed by atoms with Crippen LogP contribution < -0.4 is 11.1 Å². The highest BCUT2D eigenvalue weighted by Gasteiger charge is 1.99. The maximum Gasteiger partial charge on any atom is 0.188 e. The van der Waals surface area contributed by atoms with Crippen LogP contribution in [0.15, 0.2) is 46.8 Å². The van der Waals surface area contributed by atoms with E-state index in [0.717, 1.165) is 13.0 Å². The van der Waals surface area contributed by atoms with Crippen molar-refractivity contribution in [3.8, 4) is 0 Å². The topological polar surface area (TPSA) is 50.4 Å². The normalized spacial score (nSPS) is 11.5. The highest BCUT2D eigenvalue weighted by Crippen LogP contribution is 2.16. The van der Waals surface area contributed by atoms with E-state index >= 15 is 0 Å². The molecule has 3 N–H and O–H groups in total. The smallest absolute Gasteiger partial charge is 0.188 e. The van der Waals surface area contributed by atoms with E-state index in [1.54, 1.807) is 11.3 Å². The molecule has 0 saturated carbocycles. The molecular weight excluding hydrogens is 254 g/mol. The number of aliphatic imine (C=N–C) groups is 1. The predicted molar refractivity (Wildman–Crippen MR) is 82.5 cm³/mol. The second-order valence-corrected chi connectivity index (χ2v) is 5.39. The molecule has 0 aliphatic rings. The van der Waals surface area contributed by atoms with Crippen LogP contribution in [-0.4, -0.2) is 12.5 Å². The average Bonchev–Trinajstić information content (AvgIpc) is 2.83. The number of rotatable bonds is 5. The zero-order chi connectivity index (χ0) is 13.5. The van der Waals surface area contributed by atoms with E-state index in [-0.39, 0.29) is 0 Å². The lowest BCUT2D eigenvalue weighted by molar-refractivity contribution is 0.849. The molecule has 0 radical (unpaired) electrons. The Hall–Kier alpha value is -1.81. The van der Waals surface area contributed by atoms with Crippen LogP contribution in [0.5, 0.6) is 0 Å². The number of nitrogens with one attached hydrogen (secondary N) is 1. The number of hydrogen-bond donors (Lipinski definition) is 2. The Labute approximate surface area is 118 Å². The van der Waals surface area contributed by atoms with Gasteiger partial charge in [0.25, 0.3) is 0 Å². The number of nitrogens with zero attached hydrogens (tertiary/aromatic N) is 1. The molecule has 1 aromatic heterocycles. The zero-order valence-corrected chi connectivity index (χ0v) is 11.9. The first-order valence-corrected chi connectivity index (χ1v) is 7.24. The molecule has 0 amide bonds. The standard InChI is InChI=1S/C15H19N3S/c1-12-8-10-19-14(12)11-18-15(16)17-9-7-13-5-3-2-4-6-13/h2-6,8,10H,7,9,11H2,1H3,(H3,16,17,18). The summed E-state index contributed by atoms with van der Waals surface area (Å²) in [5.41, 5.74) is 8.43. The molecule has 100 valence electrons. The molecule has 0 spiro atoms. The molecule has 0 bridgehead atoms. The molecule has 0 aliphatic carbocycles. The molecule has 0 saturated heterocycles. The Morgan fingerprint density at radius 3 is 2.74 bits per heavy atom. The van der Waals surface area contributed by atoms with Gasteiger partial charge in [-0.1, -0.05) is 30.3 Å². The summed E-state index contributed by atoms with van der Waals surface area (Å²) in [6.07, 6.45) is 0.953. The van der Waals surface area contributed by atoms with Crippen LogP contribution in [0.4, 0.5) is 0 Å². The van der Waals surface area contributed by atoms with Crippen LogP contribution in [0.3, 0.4) is 0 Å². The van der Waals surface area contributed by atoms with Gasteiger partial charge < -0.3 is 11.1 Å². The van der Waals surface area contributed by atoms with E-state index in [9.17, 15) is 0 Å². The van der Waals surface area contributed by atoms with E-state index in [2.05, 4.69) is 40.8 Å². The fraction of sp³-hybridized carbons (Fsp3) is 0.267. The fourth-order valence-electron chi connectivity index (χ4n) is 1.76. The monoisotopic (exact) mass is 273 g/mol. The van der Waals surface area contributed by atoms with Gasteiger partial charge in [0.05, 0.1) is 6.54 Å². The maximum absolute atomic E-state index is 5.85. The third-order valence-corrected chi connectivity index (χ3v) is 3.93. The Morgan fingerprint density at radius 1 is 1.26 bits per heavy atom. The molecular formula is C15H19N3S. The quantitative estimate of drug-likeness (QED) is 0.650. The highest BCUT2D eigenvalue weighted by atomic mass is 32.1. The first-order valence-electron chi connectivity index (χ1n) is 6.36. The number of aryl methyl sites for hydroxylation is 1. The molecule has 4 heteroatoms. The van der Waals surface area contributed by atoms with Crippen LogP contribution >= 0.6 is 11.3 Å². The second-order valence-electron chi connectivity index (χ2n) is 4.39. The second kappa shape index (κ2) is 6.95. The van der Waals surface area contributed by atoms with Gasteiger partial charge in [0.2, 0.25) is 0 Å². The zero-order valence-electron chi connectivity index (χ0n) is 11.1. The number of thiophene rings is 1. The van der Waals surface area contributed by atoms with E-state index in [1.807, 2.05) is 18.2 Å². The summed E-state index contributed by atoms with van der Waals surface area (Å²) < 4.78 is 0. The van der Waals surface area contributed by atoms with Crippen LogP contribution in [0.25, 0.3) is 0 Å². The summed E-state index contributed by atoms with van der Waals surface area (Å²) in [5.74, 6) is 0.517. The summed E-state index contributed by atoms with van der Waals surface area (Å²) in [6.45, 7) is 3.57. The summed E-state index contributed by atoms with van der Waals surface area (Å²) in [5, 5.41) is 5.23. The van der Waals surface area contributed by atoms with Gasteiger partial charge in [0.15, 0.2) is 5.96 Å². The van der Waals surface area contributed by atoms with E-state index in [0.29, 0.717) is 12.5 Å². The molecule has 0 atom stereocenters. The first-order chi connectivity index (χ1) is 9.25. The van der Waals surface area contributed by atoms with Crippen molar-refractivity contribution in [2.45, 2.75) is 19.9 Å². The SMILES string of the molecule is Cc1ccsc1CN=C(N)NCCc1ccccc1. The van der Waals surface area contributed by atoms with Gasteiger partial charge in [0.1, 0.15) is 0 Å². The lowest BCUT2D eigenvalue weighted by atomic mass is 10.1. The van der Waals surface area contributed by atoms with Crippen molar-refractivity contribution in [2.75, 3.05) is 6.54 Å². The first kappa shape index (κ1) is 13.6. The average molecular weight is 273 g/mol. The summed E-state index contributed by atoms with van der Waals surface area (Å²) in [4.78, 5) is 5.62. The lowest BCUT2D eigenvalue weighted by Crippen LogP contribution is -2.33. The Morgan fingerprint density at radius 2 is 2.05 bits per heavy atom. The minimum absolute atomic E-state index is 0.517. The van der Waals surface area contributed by atoms with Gasteiger partial charge in [0, 0.05) is 11.4 Å². The van der Waals surface area contributed by atoms with Crippen LogP contribution in [-0.2, 0) is 13.0 Å². The van der Waals surface area contributed by atoms with Crippen molar-refractivity contribution in [3.05, 3.63) is 57.8 Å². The third-order valence-electron chi connectivity index (χ3n) is 2.92. The number of benzene rings is 1.